The van der Waals surface area contributed by atoms with Crippen LogP contribution in [0.15, 0.2) is 42.7 Å². The minimum absolute atomic E-state index is 0.181. The first-order valence-corrected chi connectivity index (χ1v) is 7.46. The third-order valence-electron chi connectivity index (χ3n) is 3.50. The highest BCUT2D eigenvalue weighted by Crippen LogP contribution is 2.34. The maximum Gasteiger partial charge on any atom is 0.255 e. The van der Waals surface area contributed by atoms with Gasteiger partial charge in [0.25, 0.3) is 5.91 Å². The van der Waals surface area contributed by atoms with Crippen LogP contribution in [0.25, 0.3) is 0 Å². The molecule has 1 aliphatic heterocycles. The lowest BCUT2D eigenvalue weighted by Crippen LogP contribution is -2.37. The number of morpholine rings is 1. The van der Waals surface area contributed by atoms with Gasteiger partial charge in [-0.05, 0) is 24.3 Å². The maximum absolute atomic E-state index is 12.3. The SMILES string of the molecule is O=C(Nc1cccc(Cl)c1N1CCOCC1)c1ccncc1. The molecule has 0 unspecified atom stereocenters. The topological polar surface area (TPSA) is 54.5 Å². The molecular weight excluding hydrogens is 302 g/mol. The number of nitrogens with zero attached hydrogens (tertiary/aromatic N) is 2. The van der Waals surface area contributed by atoms with Crippen molar-refractivity contribution in [2.24, 2.45) is 0 Å². The van der Waals surface area contributed by atoms with Crippen molar-refractivity contribution >= 4 is 28.9 Å². The molecule has 114 valence electrons. The molecule has 1 saturated heterocycles. The highest BCUT2D eigenvalue weighted by atomic mass is 35.5. The average molecular weight is 318 g/mol. The highest BCUT2D eigenvalue weighted by Gasteiger charge is 2.19. The summed E-state index contributed by atoms with van der Waals surface area (Å²) in [5, 5.41) is 3.55. The van der Waals surface area contributed by atoms with Crippen molar-refractivity contribution in [3.05, 3.63) is 53.3 Å². The van der Waals surface area contributed by atoms with Crippen molar-refractivity contribution in [1.29, 1.82) is 0 Å². The van der Waals surface area contributed by atoms with Crippen LogP contribution in [-0.2, 0) is 4.74 Å². The second kappa shape index (κ2) is 6.77. The summed E-state index contributed by atoms with van der Waals surface area (Å²) in [5.74, 6) is -0.181. The number of hydrogen-bond acceptors (Lipinski definition) is 4. The Hall–Kier alpha value is -2.11. The van der Waals surface area contributed by atoms with Crippen molar-refractivity contribution in [3.8, 4) is 0 Å². The van der Waals surface area contributed by atoms with Crippen molar-refractivity contribution in [2.45, 2.75) is 0 Å². The molecule has 1 fully saturated rings. The molecule has 0 saturated carbocycles. The Labute approximate surface area is 133 Å². The number of aromatic nitrogens is 1. The van der Waals surface area contributed by atoms with E-state index in [0.29, 0.717) is 29.5 Å². The van der Waals surface area contributed by atoms with E-state index in [4.69, 9.17) is 16.3 Å². The van der Waals surface area contributed by atoms with Crippen LogP contribution in [0.5, 0.6) is 0 Å². The number of halogens is 1. The normalized spacial score (nSPS) is 14.7. The van der Waals surface area contributed by atoms with E-state index in [9.17, 15) is 4.79 Å². The van der Waals surface area contributed by atoms with Gasteiger partial charge in [-0.15, -0.1) is 0 Å². The van der Waals surface area contributed by atoms with E-state index in [1.807, 2.05) is 18.2 Å². The fourth-order valence-electron chi connectivity index (χ4n) is 2.42. The Balaban J connectivity index is 1.87. The number of ether oxygens (including phenoxy) is 1. The molecule has 0 aliphatic carbocycles. The third-order valence-corrected chi connectivity index (χ3v) is 3.81. The lowest BCUT2D eigenvalue weighted by molar-refractivity contribution is 0.102. The zero-order chi connectivity index (χ0) is 15.4. The molecule has 3 rings (SSSR count). The van der Waals surface area contributed by atoms with E-state index in [-0.39, 0.29) is 5.91 Å². The van der Waals surface area contributed by atoms with Crippen LogP contribution < -0.4 is 10.2 Å². The van der Waals surface area contributed by atoms with Gasteiger partial charge in [0.1, 0.15) is 0 Å². The zero-order valence-corrected chi connectivity index (χ0v) is 12.7. The number of anilines is 2. The molecule has 1 N–H and O–H groups in total. The molecule has 2 heterocycles. The van der Waals surface area contributed by atoms with Gasteiger partial charge in [-0.2, -0.15) is 0 Å². The summed E-state index contributed by atoms with van der Waals surface area (Å²) in [5.41, 5.74) is 2.11. The molecule has 5 nitrogen and oxygen atoms in total. The minimum atomic E-state index is -0.181. The predicted octanol–water partition coefficient (Wildman–Crippen LogP) is 2.82. The zero-order valence-electron chi connectivity index (χ0n) is 12.0. The van der Waals surface area contributed by atoms with E-state index in [0.717, 1.165) is 18.8 Å². The molecule has 1 aromatic carbocycles. The molecule has 0 spiro atoms. The third kappa shape index (κ3) is 3.21. The van der Waals surface area contributed by atoms with Gasteiger partial charge in [-0.25, -0.2) is 0 Å². The van der Waals surface area contributed by atoms with Gasteiger partial charge in [0.05, 0.1) is 29.6 Å². The number of carbonyl (C=O) groups is 1. The number of rotatable bonds is 3. The number of pyridine rings is 1. The maximum atomic E-state index is 12.3. The quantitative estimate of drug-likeness (QED) is 0.946. The van der Waals surface area contributed by atoms with Crippen LogP contribution in [-0.4, -0.2) is 37.2 Å². The lowest BCUT2D eigenvalue weighted by Gasteiger charge is -2.31. The van der Waals surface area contributed by atoms with Gasteiger partial charge in [-0.3, -0.25) is 9.78 Å². The summed E-state index contributed by atoms with van der Waals surface area (Å²) < 4.78 is 5.37. The van der Waals surface area contributed by atoms with Crippen molar-refractivity contribution in [3.63, 3.8) is 0 Å². The molecule has 1 aliphatic rings. The Morgan fingerprint density at radius 3 is 2.64 bits per heavy atom. The monoisotopic (exact) mass is 317 g/mol. The molecule has 6 heteroatoms. The molecule has 1 aromatic heterocycles. The van der Waals surface area contributed by atoms with Crippen LogP contribution in [0.2, 0.25) is 5.02 Å². The van der Waals surface area contributed by atoms with Crippen LogP contribution in [0.3, 0.4) is 0 Å². The fourth-order valence-corrected chi connectivity index (χ4v) is 2.72. The summed E-state index contributed by atoms with van der Waals surface area (Å²) in [6.45, 7) is 2.82. The first-order chi connectivity index (χ1) is 10.8. The molecule has 0 bridgehead atoms. The van der Waals surface area contributed by atoms with E-state index in [1.165, 1.54) is 0 Å². The number of amides is 1. The number of para-hydroxylation sites is 1. The van der Waals surface area contributed by atoms with E-state index in [2.05, 4.69) is 15.2 Å². The van der Waals surface area contributed by atoms with Crippen molar-refractivity contribution in [2.75, 3.05) is 36.5 Å². The summed E-state index contributed by atoms with van der Waals surface area (Å²) in [6, 6.07) is 8.86. The van der Waals surface area contributed by atoms with Gasteiger partial charge in [0.2, 0.25) is 0 Å². The smallest absolute Gasteiger partial charge is 0.255 e. The highest BCUT2D eigenvalue weighted by molar-refractivity contribution is 6.34. The van der Waals surface area contributed by atoms with Crippen molar-refractivity contribution < 1.29 is 9.53 Å². The summed E-state index contributed by atoms with van der Waals surface area (Å²) in [4.78, 5) is 18.4. The summed E-state index contributed by atoms with van der Waals surface area (Å²) in [7, 11) is 0. The number of nitrogens with one attached hydrogen (secondary N) is 1. The Bertz CT molecular complexity index is 658. The molecule has 1 amide bonds. The summed E-state index contributed by atoms with van der Waals surface area (Å²) >= 11 is 6.35. The minimum Gasteiger partial charge on any atom is -0.378 e. The summed E-state index contributed by atoms with van der Waals surface area (Å²) in [6.07, 6.45) is 3.19. The lowest BCUT2D eigenvalue weighted by atomic mass is 10.2. The van der Waals surface area contributed by atoms with Gasteiger partial charge in [0, 0.05) is 31.0 Å². The van der Waals surface area contributed by atoms with Crippen LogP contribution in [0.4, 0.5) is 11.4 Å². The predicted molar refractivity (Wildman–Crippen MR) is 86.7 cm³/mol. The molecule has 22 heavy (non-hydrogen) atoms. The standard InChI is InChI=1S/C16H16ClN3O2/c17-13-2-1-3-14(15(13)20-8-10-22-11-9-20)19-16(21)12-4-6-18-7-5-12/h1-7H,8-11H2,(H,19,21). The fraction of sp³-hybridized carbons (Fsp3) is 0.250. The second-order valence-electron chi connectivity index (χ2n) is 4.93. The molecule has 2 aromatic rings. The first-order valence-electron chi connectivity index (χ1n) is 7.08. The second-order valence-corrected chi connectivity index (χ2v) is 5.33. The Morgan fingerprint density at radius 2 is 1.91 bits per heavy atom. The van der Waals surface area contributed by atoms with Crippen LogP contribution >= 0.6 is 11.6 Å². The Morgan fingerprint density at radius 1 is 1.18 bits per heavy atom. The van der Waals surface area contributed by atoms with Gasteiger partial charge in [-0.1, -0.05) is 17.7 Å². The van der Waals surface area contributed by atoms with Gasteiger partial charge < -0.3 is 15.0 Å². The van der Waals surface area contributed by atoms with Gasteiger partial charge in [0.15, 0.2) is 0 Å². The molecule has 0 radical (unpaired) electrons. The number of carbonyl (C=O) groups excluding carboxylic acids is 1. The van der Waals surface area contributed by atoms with Crippen molar-refractivity contribution in [1.82, 2.24) is 4.98 Å². The van der Waals surface area contributed by atoms with Gasteiger partial charge >= 0.3 is 0 Å². The van der Waals surface area contributed by atoms with Crippen LogP contribution in [0.1, 0.15) is 10.4 Å². The average Bonchev–Trinajstić information content (AvgIpc) is 2.56. The van der Waals surface area contributed by atoms with Crippen LogP contribution in [0, 0.1) is 0 Å². The largest absolute Gasteiger partial charge is 0.378 e. The molecule has 0 atom stereocenters. The number of benzene rings is 1. The van der Waals surface area contributed by atoms with E-state index >= 15 is 0 Å². The van der Waals surface area contributed by atoms with E-state index < -0.39 is 0 Å². The molecular formula is C16H16ClN3O2. The number of hydrogen-bond donors (Lipinski definition) is 1. The van der Waals surface area contributed by atoms with E-state index in [1.54, 1.807) is 24.5 Å². The Kier molecular flexibility index (Phi) is 4.56. The first kappa shape index (κ1) is 14.8.